The minimum absolute atomic E-state index is 0.173. The highest BCUT2D eigenvalue weighted by Gasteiger charge is 2.28. The maximum absolute atomic E-state index is 11.9. The van der Waals surface area contributed by atoms with Crippen molar-refractivity contribution in [3.8, 4) is 0 Å². The van der Waals surface area contributed by atoms with E-state index in [-0.39, 0.29) is 5.92 Å². The lowest BCUT2D eigenvalue weighted by atomic mass is 9.76. The zero-order valence-electron chi connectivity index (χ0n) is 9.99. The fourth-order valence-corrected chi connectivity index (χ4v) is 2.78. The number of carbonyl (C=O) groups excluding carboxylic acids is 1. The third-order valence-electron chi connectivity index (χ3n) is 3.66. The molecule has 2 unspecified atom stereocenters. The summed E-state index contributed by atoms with van der Waals surface area (Å²) in [5.41, 5.74) is 1.22. The van der Waals surface area contributed by atoms with Crippen LogP contribution in [-0.4, -0.2) is 5.78 Å². The highest BCUT2D eigenvalue weighted by Crippen LogP contribution is 2.35. The normalized spacial score (nSPS) is 25.7. The van der Waals surface area contributed by atoms with Crippen LogP contribution in [0.4, 0.5) is 0 Å². The Hall–Kier alpha value is -1.11. The lowest BCUT2D eigenvalue weighted by molar-refractivity contribution is -0.122. The lowest BCUT2D eigenvalue weighted by Crippen LogP contribution is -2.23. The number of hydrogen-bond donors (Lipinski definition) is 0. The van der Waals surface area contributed by atoms with Gasteiger partial charge in [-0.1, -0.05) is 50.1 Å². The molecule has 1 heteroatoms. The van der Waals surface area contributed by atoms with E-state index in [9.17, 15) is 4.79 Å². The van der Waals surface area contributed by atoms with Gasteiger partial charge in [0.1, 0.15) is 5.78 Å². The van der Waals surface area contributed by atoms with Crippen molar-refractivity contribution in [3.05, 3.63) is 35.9 Å². The molecule has 1 saturated carbocycles. The molecule has 0 bridgehead atoms. The average molecular weight is 216 g/mol. The minimum atomic E-state index is 0.173. The first-order valence-electron chi connectivity index (χ1n) is 6.39. The molecule has 2 rings (SSSR count). The molecule has 0 radical (unpaired) electrons. The molecule has 1 nitrogen and oxygen atoms in total. The molecule has 16 heavy (non-hydrogen) atoms. The summed E-state index contributed by atoms with van der Waals surface area (Å²) in [6.07, 6.45) is 5.47. The van der Waals surface area contributed by atoms with Crippen molar-refractivity contribution in [2.75, 3.05) is 0 Å². The highest BCUT2D eigenvalue weighted by molar-refractivity contribution is 5.86. The summed E-state index contributed by atoms with van der Waals surface area (Å²) in [4.78, 5) is 11.9. The van der Waals surface area contributed by atoms with Crippen LogP contribution in [0.25, 0.3) is 0 Å². The van der Waals surface area contributed by atoms with Gasteiger partial charge in [-0.05, 0) is 24.3 Å². The van der Waals surface area contributed by atoms with Crippen molar-refractivity contribution >= 4 is 5.78 Å². The Bertz CT molecular complexity index is 342. The summed E-state index contributed by atoms with van der Waals surface area (Å²) < 4.78 is 0. The van der Waals surface area contributed by atoms with Crippen molar-refractivity contribution in [2.45, 2.75) is 44.9 Å². The Morgan fingerprint density at radius 2 is 2.00 bits per heavy atom. The highest BCUT2D eigenvalue weighted by atomic mass is 16.1. The second-order valence-electron chi connectivity index (χ2n) is 4.86. The molecule has 86 valence electrons. The third-order valence-corrected chi connectivity index (χ3v) is 3.66. The Balaban J connectivity index is 2.10. The molecule has 1 aromatic rings. The predicted octanol–water partition coefficient (Wildman–Crippen LogP) is 3.94. The molecular weight excluding hydrogens is 196 g/mol. The zero-order valence-corrected chi connectivity index (χ0v) is 9.99. The van der Waals surface area contributed by atoms with E-state index >= 15 is 0 Å². The summed E-state index contributed by atoms with van der Waals surface area (Å²) in [5, 5.41) is 0. The fourth-order valence-electron chi connectivity index (χ4n) is 2.78. The van der Waals surface area contributed by atoms with Gasteiger partial charge in [0.05, 0.1) is 0 Å². The molecule has 0 heterocycles. The summed E-state index contributed by atoms with van der Waals surface area (Å²) >= 11 is 0. The second kappa shape index (κ2) is 5.29. The molecule has 1 fully saturated rings. The summed E-state index contributed by atoms with van der Waals surface area (Å²) in [5.74, 6) is 1.37. The van der Waals surface area contributed by atoms with Crippen molar-refractivity contribution in [2.24, 2.45) is 5.92 Å². The Labute approximate surface area is 97.9 Å². The van der Waals surface area contributed by atoms with E-state index in [1.807, 2.05) is 18.2 Å². The van der Waals surface area contributed by atoms with Crippen LogP contribution in [0.2, 0.25) is 0 Å². The summed E-state index contributed by atoms with van der Waals surface area (Å²) in [6.45, 7) is 2.23. The van der Waals surface area contributed by atoms with E-state index in [0.29, 0.717) is 5.78 Å². The summed E-state index contributed by atoms with van der Waals surface area (Å²) in [7, 11) is 0. The van der Waals surface area contributed by atoms with Gasteiger partial charge in [0, 0.05) is 12.3 Å². The van der Waals surface area contributed by atoms with E-state index in [4.69, 9.17) is 0 Å². The first-order chi connectivity index (χ1) is 7.81. The third kappa shape index (κ3) is 2.52. The Morgan fingerprint density at radius 1 is 1.25 bits per heavy atom. The van der Waals surface area contributed by atoms with Crippen molar-refractivity contribution in [1.82, 2.24) is 0 Å². The summed E-state index contributed by atoms with van der Waals surface area (Å²) in [6, 6.07) is 10.3. The van der Waals surface area contributed by atoms with E-state index < -0.39 is 0 Å². The standard InChI is InChI=1S/C15H20O/c1-2-6-12-9-10-15(16)14(11-12)13-7-4-3-5-8-13/h3-5,7-8,12,14H,2,6,9-11H2,1H3. The van der Waals surface area contributed by atoms with Gasteiger partial charge in [-0.3, -0.25) is 4.79 Å². The van der Waals surface area contributed by atoms with Gasteiger partial charge in [0.2, 0.25) is 0 Å². The number of carbonyl (C=O) groups is 1. The molecule has 1 aliphatic rings. The van der Waals surface area contributed by atoms with Crippen molar-refractivity contribution in [3.63, 3.8) is 0 Å². The molecule has 1 aliphatic carbocycles. The van der Waals surface area contributed by atoms with Crippen LogP contribution in [0, 0.1) is 5.92 Å². The Kier molecular flexibility index (Phi) is 3.76. The smallest absolute Gasteiger partial charge is 0.140 e. The molecule has 0 N–H and O–H groups in total. The zero-order chi connectivity index (χ0) is 11.4. The monoisotopic (exact) mass is 216 g/mol. The van der Waals surface area contributed by atoms with Crippen LogP contribution >= 0.6 is 0 Å². The van der Waals surface area contributed by atoms with E-state index in [1.165, 1.54) is 18.4 Å². The predicted molar refractivity (Wildman–Crippen MR) is 66.4 cm³/mol. The first-order valence-corrected chi connectivity index (χ1v) is 6.39. The molecule has 0 saturated heterocycles. The number of benzene rings is 1. The van der Waals surface area contributed by atoms with E-state index in [2.05, 4.69) is 19.1 Å². The SMILES string of the molecule is CCCC1CCC(=O)C(c2ccccc2)C1. The molecule has 2 atom stereocenters. The van der Waals surface area contributed by atoms with Gasteiger partial charge in [-0.25, -0.2) is 0 Å². The van der Waals surface area contributed by atoms with Crippen molar-refractivity contribution < 1.29 is 4.79 Å². The molecular formula is C15H20O. The number of Topliss-reactive ketones (excluding diaryl/α,β-unsaturated/α-hetero) is 1. The molecule has 1 aromatic carbocycles. The van der Waals surface area contributed by atoms with Crippen LogP contribution < -0.4 is 0 Å². The molecule has 0 aromatic heterocycles. The number of rotatable bonds is 3. The maximum atomic E-state index is 11.9. The van der Waals surface area contributed by atoms with Crippen LogP contribution in [0.3, 0.4) is 0 Å². The van der Waals surface area contributed by atoms with Crippen LogP contribution in [0.1, 0.15) is 50.5 Å². The van der Waals surface area contributed by atoms with Gasteiger partial charge >= 0.3 is 0 Å². The molecule has 0 aliphatic heterocycles. The van der Waals surface area contributed by atoms with E-state index in [1.54, 1.807) is 0 Å². The molecule has 0 amide bonds. The van der Waals surface area contributed by atoms with Crippen LogP contribution in [-0.2, 0) is 4.79 Å². The van der Waals surface area contributed by atoms with Gasteiger partial charge in [-0.15, -0.1) is 0 Å². The van der Waals surface area contributed by atoms with E-state index in [0.717, 1.165) is 25.2 Å². The van der Waals surface area contributed by atoms with Crippen molar-refractivity contribution in [1.29, 1.82) is 0 Å². The topological polar surface area (TPSA) is 17.1 Å². The molecule has 0 spiro atoms. The largest absolute Gasteiger partial charge is 0.299 e. The quantitative estimate of drug-likeness (QED) is 0.748. The Morgan fingerprint density at radius 3 is 2.69 bits per heavy atom. The van der Waals surface area contributed by atoms with Gasteiger partial charge < -0.3 is 0 Å². The lowest BCUT2D eigenvalue weighted by Gasteiger charge is -2.28. The minimum Gasteiger partial charge on any atom is -0.299 e. The second-order valence-corrected chi connectivity index (χ2v) is 4.86. The van der Waals surface area contributed by atoms with Crippen LogP contribution in [0.15, 0.2) is 30.3 Å². The average Bonchev–Trinajstić information content (AvgIpc) is 2.33. The first kappa shape index (κ1) is 11.4. The van der Waals surface area contributed by atoms with Gasteiger partial charge in [0.25, 0.3) is 0 Å². The van der Waals surface area contributed by atoms with Gasteiger partial charge in [0.15, 0.2) is 0 Å². The fraction of sp³-hybridized carbons (Fsp3) is 0.533. The van der Waals surface area contributed by atoms with Crippen LogP contribution in [0.5, 0.6) is 0 Å². The number of hydrogen-bond acceptors (Lipinski definition) is 1. The maximum Gasteiger partial charge on any atom is 0.140 e. The van der Waals surface area contributed by atoms with Gasteiger partial charge in [-0.2, -0.15) is 0 Å². The number of ketones is 1.